The molecule has 2 aromatic carbocycles. The Morgan fingerprint density at radius 1 is 1.04 bits per heavy atom. The molecule has 0 aliphatic rings. The number of ether oxygens (including phenoxy) is 1. The molecule has 0 aliphatic heterocycles. The van der Waals surface area contributed by atoms with Crippen LogP contribution in [0.1, 0.15) is 19.7 Å². The van der Waals surface area contributed by atoms with Gasteiger partial charge < -0.3 is 9.30 Å². The summed E-state index contributed by atoms with van der Waals surface area (Å²) < 4.78 is 8.00. The maximum Gasteiger partial charge on any atom is 0.148 e. The number of nitrogens with zero attached hydrogens (tertiary/aromatic N) is 2. The molecule has 0 saturated heterocycles. The average Bonchev–Trinajstić information content (AvgIpc) is 2.83. The molecule has 0 radical (unpaired) electrons. The third-order valence-corrected chi connectivity index (χ3v) is 4.35. The summed E-state index contributed by atoms with van der Waals surface area (Å²) in [5.41, 5.74) is 1.91. The van der Waals surface area contributed by atoms with Gasteiger partial charge in [0.05, 0.1) is 16.1 Å². The van der Waals surface area contributed by atoms with E-state index in [-0.39, 0.29) is 0 Å². The molecule has 0 spiro atoms. The van der Waals surface area contributed by atoms with Crippen LogP contribution < -0.4 is 4.74 Å². The molecule has 0 aliphatic carbocycles. The fraction of sp³-hybridized carbons (Fsp3) is 0.278. The Morgan fingerprint density at radius 3 is 2.46 bits per heavy atom. The average molecular weight is 384 g/mol. The van der Waals surface area contributed by atoms with E-state index >= 15 is 0 Å². The summed E-state index contributed by atoms with van der Waals surface area (Å²) in [6.45, 7) is 5.48. The van der Waals surface area contributed by atoms with Gasteiger partial charge in [0.25, 0.3) is 0 Å². The van der Waals surface area contributed by atoms with Crippen LogP contribution in [0.25, 0.3) is 11.0 Å². The lowest BCUT2D eigenvalue weighted by Crippen LogP contribution is -2.11. The maximum absolute atomic E-state index is 6.17. The van der Waals surface area contributed by atoms with Crippen molar-refractivity contribution in [3.63, 3.8) is 0 Å². The molecule has 0 saturated carbocycles. The number of hydrogen-bond acceptors (Lipinski definition) is 2. The van der Waals surface area contributed by atoms with Crippen molar-refractivity contribution < 1.29 is 4.74 Å². The van der Waals surface area contributed by atoms with Gasteiger partial charge >= 0.3 is 0 Å². The Balaban J connectivity index is 1.93. The zero-order valence-corrected chi connectivity index (χ0v) is 15.7. The van der Waals surface area contributed by atoms with Gasteiger partial charge in [-0.05, 0) is 42.3 Å². The van der Waals surface area contributed by atoms with E-state index < -0.39 is 0 Å². The Labute approximate surface area is 156 Å². The highest BCUT2D eigenvalue weighted by atomic mass is 35.5. The minimum atomic E-state index is 0.320. The first-order chi connectivity index (χ1) is 11.4. The molecule has 3 rings (SSSR count). The first kappa shape index (κ1) is 17.4. The molecule has 0 atom stereocenters. The third kappa shape index (κ3) is 3.80. The number of halogens is 3. The van der Waals surface area contributed by atoms with Gasteiger partial charge in [0, 0.05) is 16.6 Å². The molecule has 0 amide bonds. The fourth-order valence-corrected chi connectivity index (χ4v) is 3.19. The van der Waals surface area contributed by atoms with E-state index in [0.717, 1.165) is 23.4 Å². The Morgan fingerprint density at radius 2 is 1.75 bits per heavy atom. The van der Waals surface area contributed by atoms with Gasteiger partial charge in [0.15, 0.2) is 0 Å². The Hall–Kier alpha value is -1.42. The smallest absolute Gasteiger partial charge is 0.148 e. The van der Waals surface area contributed by atoms with Crippen molar-refractivity contribution in [2.75, 3.05) is 0 Å². The molecule has 24 heavy (non-hydrogen) atoms. The zero-order chi connectivity index (χ0) is 17.3. The molecular formula is C18H17Cl3N2O. The number of imidazole rings is 1. The Kier molecular flexibility index (Phi) is 5.24. The molecule has 3 nitrogen and oxygen atoms in total. The number of benzene rings is 2. The minimum absolute atomic E-state index is 0.320. The molecule has 1 aromatic heterocycles. The highest BCUT2D eigenvalue weighted by Crippen LogP contribution is 2.29. The van der Waals surface area contributed by atoms with Crippen molar-refractivity contribution in [3.8, 4) is 5.75 Å². The summed E-state index contributed by atoms with van der Waals surface area (Å²) in [6, 6.07) is 10.9. The molecule has 126 valence electrons. The largest absolute Gasteiger partial charge is 0.484 e. The second-order valence-corrected chi connectivity index (χ2v) is 7.31. The van der Waals surface area contributed by atoms with Crippen LogP contribution in [0.2, 0.25) is 15.1 Å². The lowest BCUT2D eigenvalue weighted by Gasteiger charge is -2.13. The van der Waals surface area contributed by atoms with Crippen molar-refractivity contribution >= 4 is 45.8 Å². The van der Waals surface area contributed by atoms with E-state index in [1.54, 1.807) is 18.2 Å². The quantitative estimate of drug-likeness (QED) is 0.522. The standard InChI is InChI=1S/C18H17Cl3N2O/c1-11(2)9-23-16-8-13(20)3-5-15(16)22-18(23)10-24-17-6-4-12(19)7-14(17)21/h3-8,11H,9-10H2,1-2H3. The summed E-state index contributed by atoms with van der Waals surface area (Å²) in [4.78, 5) is 4.68. The van der Waals surface area contributed by atoms with Crippen molar-refractivity contribution in [2.24, 2.45) is 5.92 Å². The van der Waals surface area contributed by atoms with Gasteiger partial charge in [-0.25, -0.2) is 4.98 Å². The number of hydrogen-bond donors (Lipinski definition) is 0. The predicted octanol–water partition coefficient (Wildman–Crippen LogP) is 6.23. The van der Waals surface area contributed by atoms with Crippen LogP contribution in [0.3, 0.4) is 0 Å². The highest BCUT2D eigenvalue weighted by Gasteiger charge is 2.14. The fourth-order valence-electron chi connectivity index (χ4n) is 2.56. The van der Waals surface area contributed by atoms with Gasteiger partial charge in [-0.15, -0.1) is 0 Å². The minimum Gasteiger partial charge on any atom is -0.484 e. The Bertz CT molecular complexity index is 874. The van der Waals surface area contributed by atoms with Gasteiger partial charge in [-0.3, -0.25) is 0 Å². The van der Waals surface area contributed by atoms with Crippen LogP contribution in [-0.4, -0.2) is 9.55 Å². The van der Waals surface area contributed by atoms with Gasteiger partial charge in [0.2, 0.25) is 0 Å². The SMILES string of the molecule is CC(C)Cn1c(COc2ccc(Cl)cc2Cl)nc2ccc(Cl)cc21. The molecule has 0 N–H and O–H groups in total. The second-order valence-electron chi connectivity index (χ2n) is 6.03. The molecule has 0 unspecified atom stereocenters. The second kappa shape index (κ2) is 7.22. The van der Waals surface area contributed by atoms with Crippen LogP contribution in [0.5, 0.6) is 5.75 Å². The lowest BCUT2D eigenvalue weighted by atomic mass is 10.2. The van der Waals surface area contributed by atoms with E-state index in [2.05, 4.69) is 23.4 Å². The summed E-state index contributed by atoms with van der Waals surface area (Å²) >= 11 is 18.2. The first-order valence-corrected chi connectivity index (χ1v) is 8.80. The van der Waals surface area contributed by atoms with Gasteiger partial charge in [0.1, 0.15) is 18.2 Å². The molecular weight excluding hydrogens is 367 g/mol. The number of rotatable bonds is 5. The van der Waals surface area contributed by atoms with Crippen LogP contribution in [0, 0.1) is 5.92 Å². The van der Waals surface area contributed by atoms with Crippen LogP contribution in [0.4, 0.5) is 0 Å². The lowest BCUT2D eigenvalue weighted by molar-refractivity contribution is 0.288. The third-order valence-electron chi connectivity index (χ3n) is 3.59. The van der Waals surface area contributed by atoms with Crippen LogP contribution in [-0.2, 0) is 13.2 Å². The monoisotopic (exact) mass is 382 g/mol. The van der Waals surface area contributed by atoms with E-state index in [1.165, 1.54) is 0 Å². The summed E-state index contributed by atoms with van der Waals surface area (Å²) in [5.74, 6) is 1.90. The van der Waals surface area contributed by atoms with Gasteiger partial charge in [-0.1, -0.05) is 48.7 Å². The van der Waals surface area contributed by atoms with Crippen LogP contribution >= 0.6 is 34.8 Å². The van der Waals surface area contributed by atoms with Crippen molar-refractivity contribution in [1.82, 2.24) is 9.55 Å². The number of fused-ring (bicyclic) bond motifs is 1. The van der Waals surface area contributed by atoms with E-state index in [1.807, 2.05) is 18.2 Å². The molecule has 0 fully saturated rings. The number of aromatic nitrogens is 2. The van der Waals surface area contributed by atoms with Crippen molar-refractivity contribution in [3.05, 3.63) is 57.3 Å². The normalized spacial score (nSPS) is 11.4. The van der Waals surface area contributed by atoms with Gasteiger partial charge in [-0.2, -0.15) is 0 Å². The summed E-state index contributed by atoms with van der Waals surface area (Å²) in [7, 11) is 0. The van der Waals surface area contributed by atoms with E-state index in [0.29, 0.717) is 33.3 Å². The highest BCUT2D eigenvalue weighted by molar-refractivity contribution is 6.35. The molecule has 0 bridgehead atoms. The summed E-state index contributed by atoms with van der Waals surface area (Å²) in [5, 5.41) is 1.76. The topological polar surface area (TPSA) is 27.1 Å². The summed E-state index contributed by atoms with van der Waals surface area (Å²) in [6.07, 6.45) is 0. The van der Waals surface area contributed by atoms with Crippen LogP contribution in [0.15, 0.2) is 36.4 Å². The van der Waals surface area contributed by atoms with Crippen molar-refractivity contribution in [1.29, 1.82) is 0 Å². The van der Waals surface area contributed by atoms with E-state index in [9.17, 15) is 0 Å². The van der Waals surface area contributed by atoms with E-state index in [4.69, 9.17) is 39.5 Å². The zero-order valence-electron chi connectivity index (χ0n) is 13.4. The molecule has 6 heteroatoms. The predicted molar refractivity (Wildman–Crippen MR) is 100 cm³/mol. The maximum atomic E-state index is 6.17. The molecule has 3 aromatic rings. The molecule has 1 heterocycles. The van der Waals surface area contributed by atoms with Crippen molar-refractivity contribution in [2.45, 2.75) is 27.0 Å². The first-order valence-electron chi connectivity index (χ1n) is 7.66.